The molecule has 0 aliphatic heterocycles. The number of thioether (sulfide) groups is 1. The van der Waals surface area contributed by atoms with Gasteiger partial charge in [-0.3, -0.25) is 0 Å². The highest BCUT2D eigenvalue weighted by Gasteiger charge is 2.07. The van der Waals surface area contributed by atoms with Gasteiger partial charge in [0.05, 0.1) is 7.11 Å². The molecule has 3 aromatic rings. The molecule has 0 saturated heterocycles. The Kier molecular flexibility index (Phi) is 9.53. The Hall–Kier alpha value is -2.00. The summed E-state index contributed by atoms with van der Waals surface area (Å²) in [5, 5.41) is 16.3. The molecule has 1 aromatic heterocycles. The summed E-state index contributed by atoms with van der Waals surface area (Å²) in [6.45, 7) is 2.01. The first kappa shape index (κ1) is 23.3. The highest BCUT2D eigenvalue weighted by Crippen LogP contribution is 2.29. The molecule has 156 valence electrons. The van der Waals surface area contributed by atoms with Gasteiger partial charge < -0.3 is 14.8 Å². The predicted octanol–water partition coefficient (Wildman–Crippen LogP) is 3.75. The minimum absolute atomic E-state index is 0. The maximum Gasteiger partial charge on any atom is 0.209 e. The van der Waals surface area contributed by atoms with Gasteiger partial charge in [-0.25, -0.2) is 4.68 Å². The van der Waals surface area contributed by atoms with Crippen molar-refractivity contribution >= 4 is 35.8 Å². The molecule has 0 saturated carbocycles. The molecule has 7 nitrogen and oxygen atoms in total. The van der Waals surface area contributed by atoms with E-state index < -0.39 is 0 Å². The first-order valence-corrected chi connectivity index (χ1v) is 10.1. The fourth-order valence-electron chi connectivity index (χ4n) is 2.52. The molecule has 0 fully saturated rings. The second-order valence-electron chi connectivity index (χ2n) is 6.01. The van der Waals surface area contributed by atoms with Crippen molar-refractivity contribution in [2.75, 3.05) is 19.4 Å². The fraction of sp³-hybridized carbons (Fsp3) is 0.316. The number of ether oxygens (including phenoxy) is 2. The number of nitrogens with one attached hydrogen (secondary N) is 1. The summed E-state index contributed by atoms with van der Waals surface area (Å²) in [7, 11) is 3.47. The lowest BCUT2D eigenvalue weighted by Gasteiger charge is -2.13. The molecule has 1 heterocycles. The van der Waals surface area contributed by atoms with Crippen molar-refractivity contribution in [1.82, 2.24) is 25.5 Å². The van der Waals surface area contributed by atoms with Crippen molar-refractivity contribution in [1.29, 1.82) is 0 Å². The Bertz CT molecular complexity index is 910. The summed E-state index contributed by atoms with van der Waals surface area (Å²) >= 11 is 7.63. The second-order valence-corrected chi connectivity index (χ2v) is 7.51. The molecule has 2 aromatic carbocycles. The normalized spacial score (nSPS) is 10.4. The number of nitrogens with zero attached hydrogens (tertiary/aromatic N) is 4. The van der Waals surface area contributed by atoms with Crippen LogP contribution in [0.15, 0.2) is 47.6 Å². The van der Waals surface area contributed by atoms with Crippen molar-refractivity contribution in [2.45, 2.75) is 18.3 Å². The van der Waals surface area contributed by atoms with Crippen LogP contribution in [0.1, 0.15) is 11.1 Å². The lowest BCUT2D eigenvalue weighted by atomic mass is 10.2. The number of rotatable bonds is 10. The van der Waals surface area contributed by atoms with Crippen molar-refractivity contribution in [3.8, 4) is 11.5 Å². The van der Waals surface area contributed by atoms with E-state index in [1.807, 2.05) is 49.5 Å². The molecule has 0 aliphatic carbocycles. The molecule has 0 radical (unpaired) electrons. The zero-order valence-corrected chi connectivity index (χ0v) is 18.6. The van der Waals surface area contributed by atoms with Crippen LogP contribution in [0.3, 0.4) is 0 Å². The summed E-state index contributed by atoms with van der Waals surface area (Å²) in [6, 6.07) is 13.6. The summed E-state index contributed by atoms with van der Waals surface area (Å²) in [6.07, 6.45) is 0. The number of tetrazole rings is 1. The number of hydrogen-bond donors (Lipinski definition) is 1. The van der Waals surface area contributed by atoms with Gasteiger partial charge in [0.2, 0.25) is 5.16 Å². The predicted molar refractivity (Wildman–Crippen MR) is 117 cm³/mol. The van der Waals surface area contributed by atoms with Crippen LogP contribution in [-0.2, 0) is 20.2 Å². The topological polar surface area (TPSA) is 74.1 Å². The van der Waals surface area contributed by atoms with Crippen LogP contribution in [-0.4, -0.2) is 39.6 Å². The minimum atomic E-state index is 0. The van der Waals surface area contributed by atoms with Crippen molar-refractivity contribution in [3.05, 3.63) is 58.6 Å². The average Bonchev–Trinajstić information content (AvgIpc) is 3.11. The van der Waals surface area contributed by atoms with E-state index in [4.69, 9.17) is 21.1 Å². The summed E-state index contributed by atoms with van der Waals surface area (Å²) in [4.78, 5) is 0. The van der Waals surface area contributed by atoms with Gasteiger partial charge >= 0.3 is 0 Å². The Morgan fingerprint density at radius 1 is 1.14 bits per heavy atom. The number of benzene rings is 2. The number of methoxy groups -OCH3 is 1. The number of halogens is 2. The van der Waals surface area contributed by atoms with Crippen molar-refractivity contribution in [2.24, 2.45) is 7.05 Å². The van der Waals surface area contributed by atoms with Crippen LogP contribution in [0, 0.1) is 0 Å². The van der Waals surface area contributed by atoms with Crippen LogP contribution in [0.5, 0.6) is 11.5 Å². The third-order valence-electron chi connectivity index (χ3n) is 3.93. The van der Waals surface area contributed by atoms with Crippen molar-refractivity contribution in [3.63, 3.8) is 0 Å². The number of aromatic nitrogens is 4. The maximum absolute atomic E-state index is 6.01. The zero-order chi connectivity index (χ0) is 19.8. The first-order valence-electron chi connectivity index (χ1n) is 8.75. The molecule has 0 atom stereocenters. The molecule has 3 rings (SSSR count). The van der Waals surface area contributed by atoms with Crippen LogP contribution >= 0.6 is 35.8 Å². The van der Waals surface area contributed by atoms with Gasteiger partial charge in [0, 0.05) is 30.9 Å². The molecule has 29 heavy (non-hydrogen) atoms. The average molecular weight is 456 g/mol. The van der Waals surface area contributed by atoms with Crippen LogP contribution in [0.25, 0.3) is 0 Å². The number of hydrogen-bond acceptors (Lipinski definition) is 7. The van der Waals surface area contributed by atoms with E-state index in [9.17, 15) is 0 Å². The zero-order valence-electron chi connectivity index (χ0n) is 16.2. The molecule has 0 amide bonds. The third kappa shape index (κ3) is 7.08. The lowest BCUT2D eigenvalue weighted by Crippen LogP contribution is -2.16. The van der Waals surface area contributed by atoms with Gasteiger partial charge in [-0.05, 0) is 45.8 Å². The summed E-state index contributed by atoms with van der Waals surface area (Å²) in [5.74, 6) is 2.30. The van der Waals surface area contributed by atoms with E-state index in [1.54, 1.807) is 23.6 Å². The maximum atomic E-state index is 6.01. The Morgan fingerprint density at radius 3 is 2.72 bits per heavy atom. The van der Waals surface area contributed by atoms with Gasteiger partial charge in [-0.2, -0.15) is 0 Å². The van der Waals surface area contributed by atoms with E-state index in [1.165, 1.54) is 0 Å². The van der Waals surface area contributed by atoms with Crippen LogP contribution < -0.4 is 14.8 Å². The molecule has 10 heteroatoms. The fourth-order valence-corrected chi connectivity index (χ4v) is 3.48. The smallest absolute Gasteiger partial charge is 0.209 e. The van der Waals surface area contributed by atoms with E-state index in [0.29, 0.717) is 23.1 Å². The monoisotopic (exact) mass is 455 g/mol. The van der Waals surface area contributed by atoms with Gasteiger partial charge in [0.15, 0.2) is 11.5 Å². The Balaban J connectivity index is 0.00000300. The third-order valence-corrected chi connectivity index (χ3v) is 5.18. The number of aryl methyl sites for hydroxylation is 1. The molecule has 0 unspecified atom stereocenters. The lowest BCUT2D eigenvalue weighted by molar-refractivity contribution is 0.284. The molecule has 0 spiro atoms. The Morgan fingerprint density at radius 2 is 2.00 bits per heavy atom. The minimum Gasteiger partial charge on any atom is -0.493 e. The Labute approximate surface area is 185 Å². The van der Waals surface area contributed by atoms with Crippen LogP contribution in [0.2, 0.25) is 5.02 Å². The highest BCUT2D eigenvalue weighted by molar-refractivity contribution is 7.99. The molecular formula is C19H23Cl2N5O2S. The molecular weight excluding hydrogens is 433 g/mol. The van der Waals surface area contributed by atoms with Gasteiger partial charge in [0.1, 0.15) is 6.61 Å². The summed E-state index contributed by atoms with van der Waals surface area (Å²) in [5.41, 5.74) is 2.13. The second kappa shape index (κ2) is 11.9. The van der Waals surface area contributed by atoms with E-state index in [0.717, 1.165) is 35.1 Å². The SMILES string of the molecule is COc1cc(CNCCSc2nnnn2C)ccc1OCc1cccc(Cl)c1.Cl. The highest BCUT2D eigenvalue weighted by atomic mass is 35.5. The standard InChI is InChI=1S/C19H22ClN5O2S.ClH/c1-25-19(22-23-24-25)28-9-8-21-12-14-6-7-17(18(11-14)26-2)27-13-15-4-3-5-16(20)10-15;/h3-7,10-11,21H,8-9,12-13H2,1-2H3;1H. The van der Waals surface area contributed by atoms with Gasteiger partial charge in [-0.1, -0.05) is 41.6 Å². The first-order chi connectivity index (χ1) is 13.7. The van der Waals surface area contributed by atoms with Gasteiger partial charge in [0.25, 0.3) is 0 Å². The quantitative estimate of drug-likeness (QED) is 0.368. The van der Waals surface area contributed by atoms with Crippen LogP contribution in [0.4, 0.5) is 0 Å². The van der Waals surface area contributed by atoms with E-state index in [-0.39, 0.29) is 12.4 Å². The van der Waals surface area contributed by atoms with Crippen molar-refractivity contribution < 1.29 is 9.47 Å². The van der Waals surface area contributed by atoms with E-state index in [2.05, 4.69) is 20.8 Å². The summed E-state index contributed by atoms with van der Waals surface area (Å²) < 4.78 is 13.0. The molecule has 0 aliphatic rings. The van der Waals surface area contributed by atoms with Gasteiger partial charge in [-0.15, -0.1) is 17.5 Å². The molecule has 1 N–H and O–H groups in total. The largest absolute Gasteiger partial charge is 0.493 e. The molecule has 0 bridgehead atoms. The van der Waals surface area contributed by atoms with E-state index >= 15 is 0 Å².